The smallest absolute Gasteiger partial charge is 0.162 e. The minimum Gasteiger partial charge on any atom is -0.490 e. The van der Waals surface area contributed by atoms with Crippen LogP contribution in [-0.2, 0) is 0 Å². The van der Waals surface area contributed by atoms with Crippen LogP contribution in [0.15, 0.2) is 16.6 Å². The molecule has 1 atom stereocenters. The van der Waals surface area contributed by atoms with Gasteiger partial charge in [0, 0.05) is 9.30 Å². The average Bonchev–Trinajstić information content (AvgIpc) is 2.37. The topological polar surface area (TPSA) is 18.5 Å². The molecule has 1 aliphatic carbocycles. The second-order valence-electron chi connectivity index (χ2n) is 5.19. The molecule has 1 aliphatic rings. The van der Waals surface area contributed by atoms with E-state index in [4.69, 9.17) is 9.47 Å². The molecule has 1 fully saturated rings. The molecule has 112 valence electrons. The monoisotopic (exact) mass is 404 g/mol. The minimum atomic E-state index is 0.372. The van der Waals surface area contributed by atoms with Crippen LogP contribution in [0.2, 0.25) is 0 Å². The molecule has 0 bridgehead atoms. The SMILES string of the molecule is CCOc1cc(Br)c(C(Br)CC2CCC2)cc1OCC. The Kier molecular flexibility index (Phi) is 6.21. The van der Waals surface area contributed by atoms with Crippen LogP contribution in [0.1, 0.15) is 49.9 Å². The Morgan fingerprint density at radius 1 is 1.15 bits per heavy atom. The zero-order valence-corrected chi connectivity index (χ0v) is 15.3. The summed E-state index contributed by atoms with van der Waals surface area (Å²) in [4.78, 5) is 0.372. The van der Waals surface area contributed by atoms with Crippen LogP contribution in [0.4, 0.5) is 0 Å². The van der Waals surface area contributed by atoms with Crippen molar-refractivity contribution in [3.05, 3.63) is 22.2 Å². The van der Waals surface area contributed by atoms with Crippen molar-refractivity contribution < 1.29 is 9.47 Å². The Balaban J connectivity index is 2.20. The van der Waals surface area contributed by atoms with E-state index >= 15 is 0 Å². The third-order valence-corrected chi connectivity index (χ3v) is 5.32. The van der Waals surface area contributed by atoms with Crippen molar-refractivity contribution in [2.24, 2.45) is 5.92 Å². The first-order chi connectivity index (χ1) is 9.65. The Bertz CT molecular complexity index is 444. The van der Waals surface area contributed by atoms with Crippen LogP contribution in [0.25, 0.3) is 0 Å². The van der Waals surface area contributed by atoms with Gasteiger partial charge in [0.05, 0.1) is 13.2 Å². The molecular weight excluding hydrogens is 384 g/mol. The summed E-state index contributed by atoms with van der Waals surface area (Å²) >= 11 is 7.50. The predicted octanol–water partition coefficient (Wildman–Crippen LogP) is 5.87. The number of hydrogen-bond acceptors (Lipinski definition) is 2. The summed E-state index contributed by atoms with van der Waals surface area (Å²) in [6.45, 7) is 5.28. The summed E-state index contributed by atoms with van der Waals surface area (Å²) in [6.07, 6.45) is 5.32. The van der Waals surface area contributed by atoms with Gasteiger partial charge in [0.2, 0.25) is 0 Å². The molecule has 0 N–H and O–H groups in total. The number of halogens is 2. The fraction of sp³-hybridized carbons (Fsp3) is 0.625. The molecule has 0 radical (unpaired) electrons. The minimum absolute atomic E-state index is 0.372. The molecule has 0 saturated heterocycles. The first-order valence-corrected chi connectivity index (χ1v) is 9.09. The molecule has 0 heterocycles. The van der Waals surface area contributed by atoms with Crippen molar-refractivity contribution in [1.82, 2.24) is 0 Å². The second-order valence-corrected chi connectivity index (χ2v) is 7.15. The molecule has 1 saturated carbocycles. The highest BCUT2D eigenvalue weighted by Crippen LogP contribution is 2.44. The van der Waals surface area contributed by atoms with Gasteiger partial charge in [-0.25, -0.2) is 0 Å². The van der Waals surface area contributed by atoms with Gasteiger partial charge in [-0.3, -0.25) is 0 Å². The summed E-state index contributed by atoms with van der Waals surface area (Å²) in [7, 11) is 0. The number of ether oxygens (including phenoxy) is 2. The Hall–Kier alpha value is -0.220. The molecule has 20 heavy (non-hydrogen) atoms. The normalized spacial score (nSPS) is 16.6. The molecule has 0 aromatic heterocycles. The van der Waals surface area contributed by atoms with Crippen LogP contribution >= 0.6 is 31.9 Å². The number of alkyl halides is 1. The molecule has 1 aromatic rings. The summed E-state index contributed by atoms with van der Waals surface area (Å²) in [5, 5.41) is 0. The number of benzene rings is 1. The van der Waals surface area contributed by atoms with Crippen LogP contribution in [0, 0.1) is 5.92 Å². The van der Waals surface area contributed by atoms with E-state index in [9.17, 15) is 0 Å². The molecular formula is C16H22Br2O2. The van der Waals surface area contributed by atoms with E-state index in [-0.39, 0.29) is 0 Å². The van der Waals surface area contributed by atoms with Crippen LogP contribution in [0.3, 0.4) is 0 Å². The van der Waals surface area contributed by atoms with E-state index in [0.717, 1.165) is 21.9 Å². The largest absolute Gasteiger partial charge is 0.490 e. The van der Waals surface area contributed by atoms with Gasteiger partial charge in [-0.05, 0) is 43.9 Å². The van der Waals surface area contributed by atoms with Gasteiger partial charge in [0.1, 0.15) is 0 Å². The fourth-order valence-electron chi connectivity index (χ4n) is 2.48. The third kappa shape index (κ3) is 3.91. The van der Waals surface area contributed by atoms with Crippen molar-refractivity contribution in [3.63, 3.8) is 0 Å². The maximum Gasteiger partial charge on any atom is 0.162 e. The molecule has 1 unspecified atom stereocenters. The second kappa shape index (κ2) is 7.69. The van der Waals surface area contributed by atoms with Crippen LogP contribution < -0.4 is 9.47 Å². The highest BCUT2D eigenvalue weighted by Gasteiger charge is 2.24. The third-order valence-electron chi connectivity index (χ3n) is 3.77. The molecule has 0 aliphatic heterocycles. The van der Waals surface area contributed by atoms with Crippen molar-refractivity contribution in [3.8, 4) is 11.5 Å². The van der Waals surface area contributed by atoms with Gasteiger partial charge >= 0.3 is 0 Å². The summed E-state index contributed by atoms with van der Waals surface area (Å²) in [5.41, 5.74) is 1.25. The lowest BCUT2D eigenvalue weighted by atomic mass is 9.81. The van der Waals surface area contributed by atoms with Gasteiger partial charge in [0.25, 0.3) is 0 Å². The first-order valence-electron chi connectivity index (χ1n) is 7.38. The van der Waals surface area contributed by atoms with Gasteiger partial charge < -0.3 is 9.47 Å². The maximum absolute atomic E-state index is 5.71. The molecule has 4 heteroatoms. The molecule has 1 aromatic carbocycles. The number of hydrogen-bond donors (Lipinski definition) is 0. The number of rotatable bonds is 7. The predicted molar refractivity (Wildman–Crippen MR) is 90.1 cm³/mol. The fourth-order valence-corrected chi connectivity index (χ4v) is 4.29. The Labute approximate surface area is 138 Å². The van der Waals surface area contributed by atoms with E-state index in [2.05, 4.69) is 37.9 Å². The summed E-state index contributed by atoms with van der Waals surface area (Å²) < 4.78 is 12.5. The lowest BCUT2D eigenvalue weighted by Crippen LogP contribution is -2.13. The van der Waals surface area contributed by atoms with Crippen molar-refractivity contribution in [2.75, 3.05) is 13.2 Å². The Morgan fingerprint density at radius 3 is 2.25 bits per heavy atom. The van der Waals surface area contributed by atoms with E-state index < -0.39 is 0 Å². The lowest BCUT2D eigenvalue weighted by Gasteiger charge is -2.28. The van der Waals surface area contributed by atoms with Crippen molar-refractivity contribution in [1.29, 1.82) is 0 Å². The van der Waals surface area contributed by atoms with Crippen molar-refractivity contribution >= 4 is 31.9 Å². The molecule has 0 amide bonds. The van der Waals surface area contributed by atoms with E-state index in [1.807, 2.05) is 19.9 Å². The van der Waals surface area contributed by atoms with Crippen molar-refractivity contribution in [2.45, 2.75) is 44.4 Å². The maximum atomic E-state index is 5.71. The van der Waals surface area contributed by atoms with E-state index in [1.54, 1.807) is 0 Å². The zero-order chi connectivity index (χ0) is 14.5. The van der Waals surface area contributed by atoms with E-state index in [0.29, 0.717) is 18.0 Å². The quantitative estimate of drug-likeness (QED) is 0.528. The average molecular weight is 406 g/mol. The molecule has 0 spiro atoms. The van der Waals surface area contributed by atoms with Gasteiger partial charge in [-0.2, -0.15) is 0 Å². The highest BCUT2D eigenvalue weighted by atomic mass is 79.9. The van der Waals surface area contributed by atoms with Crippen LogP contribution in [-0.4, -0.2) is 13.2 Å². The van der Waals surface area contributed by atoms with Gasteiger partial charge in [0.15, 0.2) is 11.5 Å². The lowest BCUT2D eigenvalue weighted by molar-refractivity contribution is 0.285. The van der Waals surface area contributed by atoms with Gasteiger partial charge in [-0.1, -0.05) is 51.1 Å². The summed E-state index contributed by atoms with van der Waals surface area (Å²) in [5.74, 6) is 2.52. The van der Waals surface area contributed by atoms with E-state index in [1.165, 1.54) is 31.2 Å². The standard InChI is InChI=1S/C16H22Br2O2/c1-3-19-15-9-12(13(17)8-11-6-5-7-11)14(18)10-16(15)20-4-2/h9-11,13H,3-8H2,1-2H3. The molecule has 2 nitrogen and oxygen atoms in total. The first kappa shape index (κ1) is 16.2. The highest BCUT2D eigenvalue weighted by molar-refractivity contribution is 9.11. The Morgan fingerprint density at radius 2 is 1.75 bits per heavy atom. The van der Waals surface area contributed by atoms with Crippen LogP contribution in [0.5, 0.6) is 11.5 Å². The zero-order valence-electron chi connectivity index (χ0n) is 12.1. The van der Waals surface area contributed by atoms with Gasteiger partial charge in [-0.15, -0.1) is 0 Å². The summed E-state index contributed by atoms with van der Waals surface area (Å²) in [6, 6.07) is 4.13. The molecule has 2 rings (SSSR count).